The van der Waals surface area contributed by atoms with Crippen LogP contribution in [0.4, 0.5) is 5.69 Å². The van der Waals surface area contributed by atoms with Crippen molar-refractivity contribution in [2.24, 2.45) is 11.8 Å². The fourth-order valence-electron chi connectivity index (χ4n) is 11.0. The first-order valence-corrected chi connectivity index (χ1v) is 21.5. The number of nitrogens with one attached hydrogen (secondary N) is 1. The fraction of sp³-hybridized carbons (Fsp3) is 0.609. The summed E-state index contributed by atoms with van der Waals surface area (Å²) < 4.78 is 25.5. The number of likely N-dealkylation sites (N-methyl/N-ethyl adjacent to an activating group) is 1. The first kappa shape index (κ1) is 39.3. The molecule has 2 saturated carbocycles. The minimum atomic E-state index is -1.08. The van der Waals surface area contributed by atoms with Gasteiger partial charge in [0.25, 0.3) is 0 Å². The average Bonchev–Trinajstić information content (AvgIpc) is 3.47. The summed E-state index contributed by atoms with van der Waals surface area (Å²) >= 11 is 6.33. The van der Waals surface area contributed by atoms with Crippen molar-refractivity contribution in [2.75, 3.05) is 39.2 Å². The van der Waals surface area contributed by atoms with Gasteiger partial charge in [0.2, 0.25) is 0 Å². The standard InChI is InChI=1S/C46H60ClN3O6/c1-29(27-54-40-15-20-48-39-10-5-7-30(2)43(39)40)21-32-22-31-23-41-42(56-37(28-55-41)26-50(3)35-11-13-36(53-4)14-12-35)25-38(31)45(32)16-18-46(19-17-45,44(51)52)49-34-9-6-8-33(47)24-34/h6,8-9,15,20,23-25,29-30,32,35-37,49H,5,7,10-14,16-19,21-22,26-28H2,1-4H3,(H,51,52)/t29-,30-,32+,35?,36?,37-,45?,46?/m1/s1. The van der Waals surface area contributed by atoms with Gasteiger partial charge < -0.3 is 29.4 Å². The third-order valence-corrected chi connectivity index (χ3v) is 14.4. The first-order valence-electron chi connectivity index (χ1n) is 21.1. The average molecular weight is 786 g/mol. The number of ether oxygens (including phenoxy) is 4. The number of hydrogen-bond acceptors (Lipinski definition) is 8. The highest BCUT2D eigenvalue weighted by atomic mass is 35.5. The molecule has 2 heterocycles. The van der Waals surface area contributed by atoms with Crippen molar-refractivity contribution < 1.29 is 28.8 Å². The molecule has 0 radical (unpaired) electrons. The van der Waals surface area contributed by atoms with Gasteiger partial charge in [0.15, 0.2) is 11.5 Å². The Morgan fingerprint density at radius 2 is 1.89 bits per heavy atom. The normalized spacial score (nSPS) is 30.1. The predicted octanol–water partition coefficient (Wildman–Crippen LogP) is 9.23. The fourth-order valence-corrected chi connectivity index (χ4v) is 11.2. The zero-order valence-corrected chi connectivity index (χ0v) is 34.4. The molecule has 4 aliphatic carbocycles. The maximum Gasteiger partial charge on any atom is 0.329 e. The van der Waals surface area contributed by atoms with Gasteiger partial charge in [0.1, 0.15) is 24.0 Å². The first-order chi connectivity index (χ1) is 27.1. The van der Waals surface area contributed by atoms with Gasteiger partial charge in [0.05, 0.1) is 12.7 Å². The van der Waals surface area contributed by atoms with Crippen LogP contribution in [0.3, 0.4) is 0 Å². The topological polar surface area (TPSA) is 102 Å². The van der Waals surface area contributed by atoms with Crippen molar-refractivity contribution in [2.45, 2.75) is 132 Å². The summed E-state index contributed by atoms with van der Waals surface area (Å²) in [5, 5.41) is 14.8. The van der Waals surface area contributed by atoms with E-state index in [1.54, 1.807) is 0 Å². The molecular formula is C46H60ClN3O6. The van der Waals surface area contributed by atoms with Crippen LogP contribution in [-0.4, -0.2) is 78.7 Å². The molecule has 3 aromatic rings. The Balaban J connectivity index is 1.03. The second kappa shape index (κ2) is 16.4. The van der Waals surface area contributed by atoms with Gasteiger partial charge in [-0.05, 0) is 161 Å². The molecule has 4 atom stereocenters. The molecule has 8 rings (SSSR count). The van der Waals surface area contributed by atoms with E-state index in [2.05, 4.69) is 43.2 Å². The molecule has 0 amide bonds. The predicted molar refractivity (Wildman–Crippen MR) is 220 cm³/mol. The number of carbonyl (C=O) groups is 1. The molecular weight excluding hydrogens is 726 g/mol. The number of fused-ring (bicyclic) bond motifs is 4. The van der Waals surface area contributed by atoms with Crippen molar-refractivity contribution in [1.82, 2.24) is 9.88 Å². The number of halogens is 1. The lowest BCUT2D eigenvalue weighted by Gasteiger charge is -2.47. The number of benzene rings is 2. The van der Waals surface area contributed by atoms with Crippen molar-refractivity contribution in [3.63, 3.8) is 0 Å². The van der Waals surface area contributed by atoms with Crippen LogP contribution in [0.5, 0.6) is 17.2 Å². The van der Waals surface area contributed by atoms with Crippen LogP contribution in [0.1, 0.15) is 113 Å². The number of methoxy groups -OCH3 is 1. The summed E-state index contributed by atoms with van der Waals surface area (Å²) in [6.45, 7) is 6.56. The molecule has 1 aliphatic heterocycles. The molecule has 1 aromatic heterocycles. The number of pyridine rings is 1. The van der Waals surface area contributed by atoms with Gasteiger partial charge in [0, 0.05) is 47.9 Å². The highest BCUT2D eigenvalue weighted by Crippen LogP contribution is 2.58. The van der Waals surface area contributed by atoms with E-state index in [1.165, 1.54) is 35.2 Å². The number of hydrogen-bond donors (Lipinski definition) is 2. The van der Waals surface area contributed by atoms with Crippen LogP contribution in [0.15, 0.2) is 48.7 Å². The minimum absolute atomic E-state index is 0.0643. The lowest BCUT2D eigenvalue weighted by atomic mass is 9.59. The number of aromatic nitrogens is 1. The van der Waals surface area contributed by atoms with Crippen molar-refractivity contribution in [3.8, 4) is 17.2 Å². The number of nitrogens with zero attached hydrogens (tertiary/aromatic N) is 2. The Kier molecular flexibility index (Phi) is 11.5. The smallest absolute Gasteiger partial charge is 0.329 e. The van der Waals surface area contributed by atoms with Crippen LogP contribution in [0.2, 0.25) is 5.02 Å². The van der Waals surface area contributed by atoms with Gasteiger partial charge in [-0.2, -0.15) is 0 Å². The molecule has 302 valence electrons. The Morgan fingerprint density at radius 1 is 1.09 bits per heavy atom. The highest BCUT2D eigenvalue weighted by Gasteiger charge is 2.54. The Morgan fingerprint density at radius 3 is 2.64 bits per heavy atom. The Hall–Kier alpha value is -3.53. The zero-order chi connectivity index (χ0) is 39.0. The summed E-state index contributed by atoms with van der Waals surface area (Å²) in [5.41, 5.74) is 4.55. The number of aryl methyl sites for hydroxylation is 1. The summed E-state index contributed by atoms with van der Waals surface area (Å²) in [7, 11) is 4.03. The van der Waals surface area contributed by atoms with Crippen LogP contribution in [0.25, 0.3) is 0 Å². The molecule has 2 aromatic carbocycles. The van der Waals surface area contributed by atoms with Gasteiger partial charge in [-0.25, -0.2) is 4.79 Å². The van der Waals surface area contributed by atoms with E-state index in [1.807, 2.05) is 43.6 Å². The second-order valence-corrected chi connectivity index (χ2v) is 18.2. The van der Waals surface area contributed by atoms with E-state index in [4.69, 9.17) is 35.5 Å². The minimum Gasteiger partial charge on any atom is -0.493 e. The molecule has 2 fully saturated rings. The summed E-state index contributed by atoms with van der Waals surface area (Å²) in [6, 6.07) is 14.5. The van der Waals surface area contributed by atoms with Crippen molar-refractivity contribution >= 4 is 23.3 Å². The summed E-state index contributed by atoms with van der Waals surface area (Å²) in [5.74, 6) is 2.89. The number of anilines is 1. The Bertz CT molecular complexity index is 1870. The van der Waals surface area contributed by atoms with E-state index < -0.39 is 11.5 Å². The summed E-state index contributed by atoms with van der Waals surface area (Å²) in [6.07, 6.45) is 14.4. The van der Waals surface area contributed by atoms with E-state index in [0.29, 0.717) is 61.0 Å². The second-order valence-electron chi connectivity index (χ2n) is 17.8. The molecule has 0 bridgehead atoms. The van der Waals surface area contributed by atoms with Gasteiger partial charge in [-0.3, -0.25) is 9.88 Å². The van der Waals surface area contributed by atoms with E-state index >= 15 is 0 Å². The van der Waals surface area contributed by atoms with E-state index in [0.717, 1.165) is 87.3 Å². The van der Waals surface area contributed by atoms with E-state index in [9.17, 15) is 9.90 Å². The SMILES string of the molecule is COC1CCC(N(C)C[C@@H]2COc3cc4c(cc3O2)C2(CCC(Nc3cccc(Cl)c3)(C(=O)O)CC2)[C@@H](C[C@@H](C)COc2ccnc3c2[C@H](C)CCC3)C4)CC1. The molecule has 2 N–H and O–H groups in total. The van der Waals surface area contributed by atoms with Gasteiger partial charge in [-0.15, -0.1) is 0 Å². The van der Waals surface area contributed by atoms with E-state index in [-0.39, 0.29) is 11.5 Å². The number of carboxylic acids is 1. The lowest BCUT2D eigenvalue weighted by Crippen LogP contribution is -2.53. The molecule has 0 unspecified atom stereocenters. The van der Waals surface area contributed by atoms with Crippen LogP contribution < -0.4 is 19.5 Å². The number of rotatable bonds is 12. The molecule has 5 aliphatic rings. The molecule has 9 nitrogen and oxygen atoms in total. The van der Waals surface area contributed by atoms with Gasteiger partial charge in [-0.1, -0.05) is 31.5 Å². The number of aliphatic carboxylic acids is 1. The van der Waals surface area contributed by atoms with Crippen LogP contribution in [0, 0.1) is 11.8 Å². The molecule has 1 spiro atoms. The maximum atomic E-state index is 13.1. The maximum absolute atomic E-state index is 13.1. The molecule has 56 heavy (non-hydrogen) atoms. The van der Waals surface area contributed by atoms with Crippen LogP contribution >= 0.6 is 11.6 Å². The quantitative estimate of drug-likeness (QED) is 0.186. The largest absolute Gasteiger partial charge is 0.493 e. The summed E-state index contributed by atoms with van der Waals surface area (Å²) in [4.78, 5) is 20.3. The zero-order valence-electron chi connectivity index (χ0n) is 33.7. The number of carboxylic acid groups (broad SMARTS) is 1. The van der Waals surface area contributed by atoms with Crippen molar-refractivity contribution in [3.05, 3.63) is 76.1 Å². The molecule has 0 saturated heterocycles. The van der Waals surface area contributed by atoms with Gasteiger partial charge >= 0.3 is 5.97 Å². The molecule has 10 heteroatoms. The van der Waals surface area contributed by atoms with Crippen LogP contribution in [-0.2, 0) is 27.8 Å². The third-order valence-electron chi connectivity index (χ3n) is 14.2. The lowest BCUT2D eigenvalue weighted by molar-refractivity contribution is -0.144. The Labute approximate surface area is 337 Å². The monoisotopic (exact) mass is 785 g/mol. The third kappa shape index (κ3) is 7.85. The van der Waals surface area contributed by atoms with Crippen molar-refractivity contribution in [1.29, 1.82) is 0 Å². The highest BCUT2D eigenvalue weighted by molar-refractivity contribution is 6.30.